The summed E-state index contributed by atoms with van der Waals surface area (Å²) in [6, 6.07) is 58.3. The second kappa shape index (κ2) is 11.0. The standard InChI is InChI=1S/C44H29N3/c1-3-11-34(12-4-1)44(35-13-5-2-6-14-35)38-16-8-7-15-36(38)37-24-23-33(29-39(37)44)43-42(46-40-17-9-10-18-41(40)47-43)32-21-19-30(20-22-32)31-25-27-45-28-26-31/h1-29H. The van der Waals surface area contributed by atoms with Gasteiger partial charge in [-0.05, 0) is 74.8 Å². The van der Waals surface area contributed by atoms with E-state index in [1.54, 1.807) is 0 Å². The Morgan fingerprint density at radius 1 is 0.362 bits per heavy atom. The lowest BCUT2D eigenvalue weighted by Gasteiger charge is -2.34. The van der Waals surface area contributed by atoms with Gasteiger partial charge in [-0.2, -0.15) is 0 Å². The van der Waals surface area contributed by atoms with Crippen molar-refractivity contribution in [3.8, 4) is 44.8 Å². The maximum Gasteiger partial charge on any atom is 0.0973 e. The third-order valence-electron chi connectivity index (χ3n) is 9.47. The summed E-state index contributed by atoms with van der Waals surface area (Å²) in [6.45, 7) is 0. The number of benzene rings is 6. The van der Waals surface area contributed by atoms with Crippen LogP contribution in [-0.2, 0) is 5.41 Å². The number of fused-ring (bicyclic) bond motifs is 4. The fourth-order valence-corrected chi connectivity index (χ4v) is 7.36. The first-order valence-electron chi connectivity index (χ1n) is 15.9. The van der Waals surface area contributed by atoms with Crippen molar-refractivity contribution < 1.29 is 0 Å². The summed E-state index contributed by atoms with van der Waals surface area (Å²) in [4.78, 5) is 14.7. The highest BCUT2D eigenvalue weighted by Crippen LogP contribution is 2.56. The highest BCUT2D eigenvalue weighted by atomic mass is 14.8. The third kappa shape index (κ3) is 4.32. The fourth-order valence-electron chi connectivity index (χ4n) is 7.36. The van der Waals surface area contributed by atoms with Crippen molar-refractivity contribution in [1.82, 2.24) is 15.0 Å². The molecule has 47 heavy (non-hydrogen) atoms. The lowest BCUT2D eigenvalue weighted by molar-refractivity contribution is 0.768. The first-order chi connectivity index (χ1) is 23.3. The lowest BCUT2D eigenvalue weighted by Crippen LogP contribution is -2.28. The normalized spacial score (nSPS) is 12.9. The zero-order chi connectivity index (χ0) is 31.2. The van der Waals surface area contributed by atoms with Gasteiger partial charge in [0.15, 0.2) is 0 Å². The Labute approximate surface area is 273 Å². The molecule has 0 radical (unpaired) electrons. The summed E-state index contributed by atoms with van der Waals surface area (Å²) in [5, 5.41) is 0. The molecule has 0 fully saturated rings. The lowest BCUT2D eigenvalue weighted by atomic mass is 9.67. The van der Waals surface area contributed by atoms with Gasteiger partial charge in [-0.15, -0.1) is 0 Å². The van der Waals surface area contributed by atoms with Gasteiger partial charge in [0.25, 0.3) is 0 Å². The zero-order valence-corrected chi connectivity index (χ0v) is 25.6. The van der Waals surface area contributed by atoms with E-state index in [0.29, 0.717) is 0 Å². The Bertz CT molecular complexity index is 2340. The van der Waals surface area contributed by atoms with Crippen LogP contribution in [-0.4, -0.2) is 15.0 Å². The van der Waals surface area contributed by atoms with Gasteiger partial charge in [0.1, 0.15) is 0 Å². The zero-order valence-electron chi connectivity index (χ0n) is 25.6. The van der Waals surface area contributed by atoms with Crippen LogP contribution in [0.25, 0.3) is 55.8 Å². The van der Waals surface area contributed by atoms with Crippen LogP contribution in [0.1, 0.15) is 22.3 Å². The molecular weight excluding hydrogens is 571 g/mol. The van der Waals surface area contributed by atoms with Crippen molar-refractivity contribution in [3.05, 3.63) is 198 Å². The largest absolute Gasteiger partial charge is 0.265 e. The molecule has 3 heteroatoms. The summed E-state index contributed by atoms with van der Waals surface area (Å²) >= 11 is 0. The van der Waals surface area contributed by atoms with Gasteiger partial charge in [-0.1, -0.05) is 133 Å². The van der Waals surface area contributed by atoms with E-state index < -0.39 is 5.41 Å². The molecule has 1 aliphatic rings. The van der Waals surface area contributed by atoms with Crippen LogP contribution in [0.3, 0.4) is 0 Å². The van der Waals surface area contributed by atoms with Crippen molar-refractivity contribution in [3.63, 3.8) is 0 Å². The van der Waals surface area contributed by atoms with Crippen LogP contribution >= 0.6 is 0 Å². The summed E-state index contributed by atoms with van der Waals surface area (Å²) in [7, 11) is 0. The quantitative estimate of drug-likeness (QED) is 0.198. The van der Waals surface area contributed by atoms with E-state index in [4.69, 9.17) is 9.97 Å². The number of hydrogen-bond donors (Lipinski definition) is 0. The van der Waals surface area contributed by atoms with Crippen molar-refractivity contribution >= 4 is 11.0 Å². The van der Waals surface area contributed by atoms with Gasteiger partial charge in [0, 0.05) is 23.5 Å². The Morgan fingerprint density at radius 3 is 1.51 bits per heavy atom. The Balaban J connectivity index is 1.29. The van der Waals surface area contributed by atoms with Crippen molar-refractivity contribution in [2.24, 2.45) is 0 Å². The molecule has 0 saturated carbocycles. The van der Waals surface area contributed by atoms with Gasteiger partial charge < -0.3 is 0 Å². The third-order valence-corrected chi connectivity index (χ3v) is 9.47. The fraction of sp³-hybridized carbons (Fsp3) is 0.0227. The van der Waals surface area contributed by atoms with Crippen LogP contribution < -0.4 is 0 Å². The molecule has 0 bridgehead atoms. The summed E-state index contributed by atoms with van der Waals surface area (Å²) in [5.74, 6) is 0. The van der Waals surface area contributed by atoms with Crippen LogP contribution in [0.5, 0.6) is 0 Å². The SMILES string of the molecule is c1ccc(C2(c3ccccc3)c3ccccc3-c3ccc(-c4nc5ccccc5nc4-c4ccc(-c5ccncc5)cc4)cc32)cc1. The van der Waals surface area contributed by atoms with E-state index in [-0.39, 0.29) is 0 Å². The van der Waals surface area contributed by atoms with Crippen molar-refractivity contribution in [2.45, 2.75) is 5.41 Å². The first-order valence-corrected chi connectivity index (χ1v) is 15.9. The monoisotopic (exact) mass is 599 g/mol. The molecule has 0 aliphatic heterocycles. The Morgan fingerprint density at radius 2 is 0.851 bits per heavy atom. The number of aromatic nitrogens is 3. The molecule has 0 atom stereocenters. The minimum Gasteiger partial charge on any atom is -0.265 e. The molecule has 2 aromatic heterocycles. The number of pyridine rings is 1. The van der Waals surface area contributed by atoms with E-state index >= 15 is 0 Å². The Kier molecular flexibility index (Phi) is 6.36. The summed E-state index contributed by atoms with van der Waals surface area (Å²) in [6.07, 6.45) is 3.65. The highest BCUT2D eigenvalue weighted by molar-refractivity contribution is 5.91. The molecule has 0 spiro atoms. The van der Waals surface area contributed by atoms with Gasteiger partial charge >= 0.3 is 0 Å². The molecule has 3 nitrogen and oxygen atoms in total. The topological polar surface area (TPSA) is 38.7 Å². The second-order valence-electron chi connectivity index (χ2n) is 12.0. The van der Waals surface area contributed by atoms with E-state index in [1.165, 1.54) is 33.4 Å². The molecule has 0 N–H and O–H groups in total. The molecule has 6 aromatic carbocycles. The minimum atomic E-state index is -0.485. The van der Waals surface area contributed by atoms with Gasteiger partial charge in [0.05, 0.1) is 27.8 Å². The molecule has 1 aliphatic carbocycles. The van der Waals surface area contributed by atoms with E-state index in [1.807, 2.05) is 48.8 Å². The number of para-hydroxylation sites is 2. The second-order valence-corrected chi connectivity index (χ2v) is 12.0. The smallest absolute Gasteiger partial charge is 0.0973 e. The average molecular weight is 600 g/mol. The predicted molar refractivity (Wildman–Crippen MR) is 191 cm³/mol. The maximum atomic E-state index is 5.30. The van der Waals surface area contributed by atoms with Crippen LogP contribution in [0.15, 0.2) is 176 Å². The minimum absolute atomic E-state index is 0.485. The maximum absolute atomic E-state index is 5.30. The number of rotatable bonds is 5. The van der Waals surface area contributed by atoms with Gasteiger partial charge in [-0.3, -0.25) is 4.98 Å². The van der Waals surface area contributed by atoms with E-state index in [9.17, 15) is 0 Å². The van der Waals surface area contributed by atoms with E-state index in [2.05, 4.69) is 132 Å². The Hall–Kier alpha value is -6.19. The van der Waals surface area contributed by atoms with Crippen molar-refractivity contribution in [1.29, 1.82) is 0 Å². The predicted octanol–water partition coefficient (Wildman–Crippen LogP) is 10.4. The molecule has 0 amide bonds. The van der Waals surface area contributed by atoms with Crippen LogP contribution in [0.4, 0.5) is 0 Å². The molecule has 9 rings (SSSR count). The average Bonchev–Trinajstić information content (AvgIpc) is 3.46. The number of hydrogen-bond acceptors (Lipinski definition) is 3. The van der Waals surface area contributed by atoms with Gasteiger partial charge in [0.2, 0.25) is 0 Å². The summed E-state index contributed by atoms with van der Waals surface area (Å²) < 4.78 is 0. The first kappa shape index (κ1) is 27.1. The van der Waals surface area contributed by atoms with E-state index in [0.717, 1.165) is 44.7 Å². The molecule has 2 heterocycles. The molecule has 0 saturated heterocycles. The van der Waals surface area contributed by atoms with Crippen molar-refractivity contribution in [2.75, 3.05) is 0 Å². The molecule has 8 aromatic rings. The molecule has 0 unspecified atom stereocenters. The molecule has 220 valence electrons. The molecular formula is C44H29N3. The van der Waals surface area contributed by atoms with Crippen LogP contribution in [0, 0.1) is 0 Å². The van der Waals surface area contributed by atoms with Crippen LogP contribution in [0.2, 0.25) is 0 Å². The number of nitrogens with zero attached hydrogens (tertiary/aromatic N) is 3. The summed E-state index contributed by atoms with van der Waals surface area (Å²) in [5.41, 5.74) is 14.9. The van der Waals surface area contributed by atoms with Gasteiger partial charge in [-0.25, -0.2) is 9.97 Å². The highest BCUT2D eigenvalue weighted by Gasteiger charge is 2.46.